The summed E-state index contributed by atoms with van der Waals surface area (Å²) in [5.74, 6) is 1.55. The summed E-state index contributed by atoms with van der Waals surface area (Å²) in [6.45, 7) is 0. The van der Waals surface area contributed by atoms with Gasteiger partial charge in [-0.3, -0.25) is 4.98 Å². The van der Waals surface area contributed by atoms with Crippen molar-refractivity contribution in [3.8, 4) is 10.6 Å². The predicted octanol–water partition coefficient (Wildman–Crippen LogP) is 3.30. The minimum atomic E-state index is 0.516. The monoisotopic (exact) mass is 285 g/mol. The lowest BCUT2D eigenvalue weighted by atomic mass is 9.89. The van der Waals surface area contributed by atoms with E-state index < -0.39 is 0 Å². The summed E-state index contributed by atoms with van der Waals surface area (Å²) in [5.41, 5.74) is 1.04. The molecule has 0 amide bonds. The van der Waals surface area contributed by atoms with Crippen LogP contribution in [0.25, 0.3) is 15.5 Å². The van der Waals surface area contributed by atoms with E-state index in [0.717, 1.165) is 21.4 Å². The highest BCUT2D eigenvalue weighted by molar-refractivity contribution is 7.19. The topological polar surface area (TPSA) is 56.0 Å². The first-order valence-corrected chi connectivity index (χ1v) is 7.86. The van der Waals surface area contributed by atoms with E-state index in [1.54, 1.807) is 17.5 Å². The van der Waals surface area contributed by atoms with Gasteiger partial charge in [0.15, 0.2) is 5.82 Å². The highest BCUT2D eigenvalue weighted by atomic mass is 32.1. The highest BCUT2D eigenvalue weighted by Crippen LogP contribution is 2.33. The maximum Gasteiger partial charge on any atom is 0.234 e. The molecule has 0 radical (unpaired) electrons. The van der Waals surface area contributed by atoms with Crippen LogP contribution in [0.3, 0.4) is 0 Å². The third kappa shape index (κ3) is 2.00. The lowest BCUT2D eigenvalue weighted by molar-refractivity contribution is 0.423. The molecule has 0 bridgehead atoms. The quantitative estimate of drug-likeness (QED) is 0.725. The largest absolute Gasteiger partial charge is 0.264 e. The van der Waals surface area contributed by atoms with Crippen molar-refractivity contribution in [2.75, 3.05) is 0 Å². The van der Waals surface area contributed by atoms with Gasteiger partial charge < -0.3 is 0 Å². The summed E-state index contributed by atoms with van der Waals surface area (Å²) in [6.07, 6.45) is 9.96. The molecule has 1 fully saturated rings. The molecule has 0 aliphatic heterocycles. The van der Waals surface area contributed by atoms with Gasteiger partial charge in [0.05, 0.1) is 0 Å². The number of aromatic nitrogens is 5. The zero-order chi connectivity index (χ0) is 13.4. The van der Waals surface area contributed by atoms with Crippen molar-refractivity contribution in [1.82, 2.24) is 24.8 Å². The highest BCUT2D eigenvalue weighted by Gasteiger charge is 2.23. The molecule has 1 aliphatic carbocycles. The Bertz CT molecular complexity index is 712. The van der Waals surface area contributed by atoms with E-state index in [1.807, 2.05) is 22.8 Å². The number of pyridine rings is 1. The van der Waals surface area contributed by atoms with E-state index in [-0.39, 0.29) is 0 Å². The Labute approximate surface area is 120 Å². The average molecular weight is 285 g/mol. The summed E-state index contributed by atoms with van der Waals surface area (Å²) < 4.78 is 1.93. The van der Waals surface area contributed by atoms with E-state index in [2.05, 4.69) is 20.3 Å². The molecule has 20 heavy (non-hydrogen) atoms. The molecule has 3 heterocycles. The van der Waals surface area contributed by atoms with Gasteiger partial charge in [-0.15, -0.1) is 10.2 Å². The van der Waals surface area contributed by atoms with Gasteiger partial charge in [-0.25, -0.2) is 0 Å². The molecule has 0 N–H and O–H groups in total. The first-order chi connectivity index (χ1) is 9.92. The van der Waals surface area contributed by atoms with Gasteiger partial charge >= 0.3 is 0 Å². The molecule has 1 saturated carbocycles. The van der Waals surface area contributed by atoms with Crippen LogP contribution in [-0.2, 0) is 0 Å². The molecule has 6 heteroatoms. The van der Waals surface area contributed by atoms with Gasteiger partial charge in [-0.1, -0.05) is 30.6 Å². The molecule has 102 valence electrons. The fourth-order valence-electron chi connectivity index (χ4n) is 2.85. The molecule has 3 aromatic heterocycles. The molecule has 4 rings (SSSR count). The molecule has 0 saturated heterocycles. The first kappa shape index (κ1) is 12.0. The number of fused-ring (bicyclic) bond motifs is 1. The average Bonchev–Trinajstić information content (AvgIpc) is 3.09. The van der Waals surface area contributed by atoms with E-state index in [0.29, 0.717) is 5.92 Å². The molecule has 5 nitrogen and oxygen atoms in total. The van der Waals surface area contributed by atoms with Gasteiger partial charge in [0.2, 0.25) is 4.96 Å². The molecular formula is C14H15N5S. The Kier molecular flexibility index (Phi) is 2.95. The van der Waals surface area contributed by atoms with E-state index in [9.17, 15) is 0 Å². The normalized spacial score (nSPS) is 16.8. The Hall–Kier alpha value is -1.82. The van der Waals surface area contributed by atoms with Crippen molar-refractivity contribution in [2.24, 2.45) is 0 Å². The van der Waals surface area contributed by atoms with Crippen LogP contribution in [0.2, 0.25) is 0 Å². The van der Waals surface area contributed by atoms with Crippen molar-refractivity contribution in [2.45, 2.75) is 38.0 Å². The SMILES string of the molecule is c1cncc(-c2nn3c(C4CCCCC4)nnc3s2)c1. The molecule has 3 aromatic rings. The summed E-state index contributed by atoms with van der Waals surface area (Å²) in [7, 11) is 0. The van der Waals surface area contributed by atoms with Crippen LogP contribution in [0.5, 0.6) is 0 Å². The second kappa shape index (κ2) is 4.94. The molecule has 0 spiro atoms. The fourth-order valence-corrected chi connectivity index (χ4v) is 3.69. The van der Waals surface area contributed by atoms with Crippen molar-refractivity contribution >= 4 is 16.3 Å². The van der Waals surface area contributed by atoms with E-state index in [4.69, 9.17) is 0 Å². The second-order valence-corrected chi connectivity index (χ2v) is 6.19. The van der Waals surface area contributed by atoms with Crippen molar-refractivity contribution in [3.63, 3.8) is 0 Å². The third-order valence-electron chi connectivity index (χ3n) is 3.89. The van der Waals surface area contributed by atoms with E-state index >= 15 is 0 Å². The van der Waals surface area contributed by atoms with Crippen molar-refractivity contribution in [1.29, 1.82) is 0 Å². The van der Waals surface area contributed by atoms with Gasteiger partial charge in [-0.05, 0) is 25.0 Å². The van der Waals surface area contributed by atoms with Crippen LogP contribution in [0.4, 0.5) is 0 Å². The number of nitrogens with zero attached hydrogens (tertiary/aromatic N) is 5. The summed E-state index contributed by atoms with van der Waals surface area (Å²) >= 11 is 1.57. The van der Waals surface area contributed by atoms with Gasteiger partial charge in [-0.2, -0.15) is 9.61 Å². The second-order valence-electron chi connectivity index (χ2n) is 5.24. The van der Waals surface area contributed by atoms with Crippen LogP contribution in [0.1, 0.15) is 43.8 Å². The van der Waals surface area contributed by atoms with Crippen LogP contribution >= 0.6 is 11.3 Å². The molecule has 0 aromatic carbocycles. The van der Waals surface area contributed by atoms with E-state index in [1.165, 1.54) is 32.1 Å². The Morgan fingerprint density at radius 2 is 2.05 bits per heavy atom. The third-order valence-corrected chi connectivity index (χ3v) is 4.84. The summed E-state index contributed by atoms with van der Waals surface area (Å²) in [6, 6.07) is 3.96. The summed E-state index contributed by atoms with van der Waals surface area (Å²) in [5, 5.41) is 14.3. The Morgan fingerprint density at radius 1 is 1.15 bits per heavy atom. The lowest BCUT2D eigenvalue weighted by Crippen LogP contribution is -2.09. The van der Waals surface area contributed by atoms with Gasteiger partial charge in [0.25, 0.3) is 0 Å². The van der Waals surface area contributed by atoms with Crippen molar-refractivity contribution in [3.05, 3.63) is 30.4 Å². The van der Waals surface area contributed by atoms with Crippen LogP contribution in [0.15, 0.2) is 24.5 Å². The van der Waals surface area contributed by atoms with Crippen LogP contribution in [-0.4, -0.2) is 24.8 Å². The summed E-state index contributed by atoms with van der Waals surface area (Å²) in [4.78, 5) is 5.03. The zero-order valence-corrected chi connectivity index (χ0v) is 11.9. The number of rotatable bonds is 2. The maximum absolute atomic E-state index is 4.69. The van der Waals surface area contributed by atoms with Crippen LogP contribution in [0, 0.1) is 0 Å². The Morgan fingerprint density at radius 3 is 2.85 bits per heavy atom. The standard InChI is InChI=1S/C14H15N5S/c1-2-5-10(6-3-1)12-16-17-14-19(12)18-13(20-14)11-7-4-8-15-9-11/h4,7-10H,1-3,5-6H2. The maximum atomic E-state index is 4.69. The molecule has 1 aliphatic rings. The number of hydrogen-bond donors (Lipinski definition) is 0. The lowest BCUT2D eigenvalue weighted by Gasteiger charge is -2.18. The molecular weight excluding hydrogens is 270 g/mol. The predicted molar refractivity (Wildman–Crippen MR) is 77.7 cm³/mol. The molecule has 0 atom stereocenters. The Balaban J connectivity index is 1.75. The first-order valence-electron chi connectivity index (χ1n) is 7.04. The van der Waals surface area contributed by atoms with Gasteiger partial charge in [0.1, 0.15) is 5.01 Å². The minimum absolute atomic E-state index is 0.516. The molecule has 0 unspecified atom stereocenters. The van der Waals surface area contributed by atoms with Crippen molar-refractivity contribution < 1.29 is 0 Å². The zero-order valence-electron chi connectivity index (χ0n) is 11.1. The number of hydrogen-bond acceptors (Lipinski definition) is 5. The minimum Gasteiger partial charge on any atom is -0.264 e. The fraction of sp³-hybridized carbons (Fsp3) is 0.429. The van der Waals surface area contributed by atoms with Gasteiger partial charge in [0, 0.05) is 23.9 Å². The van der Waals surface area contributed by atoms with Crippen LogP contribution < -0.4 is 0 Å². The smallest absolute Gasteiger partial charge is 0.234 e.